The van der Waals surface area contributed by atoms with Gasteiger partial charge in [-0.3, -0.25) is 0 Å². The number of anilines is 1. The molecule has 0 bridgehead atoms. The van der Waals surface area contributed by atoms with Crippen molar-refractivity contribution in [2.75, 3.05) is 19.0 Å². The average molecular weight is 235 g/mol. The molecule has 0 unspecified atom stereocenters. The van der Waals surface area contributed by atoms with Crippen molar-refractivity contribution in [3.8, 4) is 5.75 Å². The normalized spacial score (nSPS) is 18.1. The van der Waals surface area contributed by atoms with Crippen molar-refractivity contribution in [1.82, 2.24) is 0 Å². The van der Waals surface area contributed by atoms with E-state index in [0.29, 0.717) is 6.54 Å². The molecule has 1 aromatic carbocycles. The molecule has 0 atom stereocenters. The van der Waals surface area contributed by atoms with Crippen LogP contribution in [0.3, 0.4) is 0 Å². The summed E-state index contributed by atoms with van der Waals surface area (Å²) >= 11 is 0. The van der Waals surface area contributed by atoms with E-state index < -0.39 is 5.60 Å². The predicted octanol–water partition coefficient (Wildman–Crippen LogP) is 2.72. The van der Waals surface area contributed by atoms with Crippen molar-refractivity contribution in [3.63, 3.8) is 0 Å². The Balaban J connectivity index is 2.02. The molecule has 1 aromatic rings. The van der Waals surface area contributed by atoms with Gasteiger partial charge in [0.25, 0.3) is 0 Å². The van der Waals surface area contributed by atoms with Gasteiger partial charge in [0.2, 0.25) is 0 Å². The summed E-state index contributed by atoms with van der Waals surface area (Å²) in [5, 5.41) is 13.6. The lowest BCUT2D eigenvalue weighted by Crippen LogP contribution is -2.33. The zero-order chi connectivity index (χ0) is 12.3. The lowest BCUT2D eigenvalue weighted by molar-refractivity contribution is 0.0614. The van der Waals surface area contributed by atoms with Crippen LogP contribution in [-0.4, -0.2) is 24.4 Å². The van der Waals surface area contributed by atoms with E-state index in [0.717, 1.165) is 37.1 Å². The molecule has 17 heavy (non-hydrogen) atoms. The Labute approximate surface area is 103 Å². The topological polar surface area (TPSA) is 41.5 Å². The number of aliphatic hydroxyl groups is 1. The highest BCUT2D eigenvalue weighted by atomic mass is 16.5. The van der Waals surface area contributed by atoms with Crippen molar-refractivity contribution in [1.29, 1.82) is 0 Å². The van der Waals surface area contributed by atoms with Crippen molar-refractivity contribution >= 4 is 5.69 Å². The monoisotopic (exact) mass is 235 g/mol. The SMILES string of the molecule is COc1ccc(C)c(NCC2(O)CCCC2)c1. The Kier molecular flexibility index (Phi) is 3.57. The van der Waals surface area contributed by atoms with E-state index in [1.54, 1.807) is 7.11 Å². The standard InChI is InChI=1S/C14H21NO2/c1-11-5-6-12(17-2)9-13(11)15-10-14(16)7-3-4-8-14/h5-6,9,15-16H,3-4,7-8,10H2,1-2H3. The first-order valence-electron chi connectivity index (χ1n) is 6.24. The number of nitrogens with one attached hydrogen (secondary N) is 1. The molecule has 3 nitrogen and oxygen atoms in total. The number of hydrogen-bond donors (Lipinski definition) is 2. The number of ether oxygens (including phenoxy) is 1. The summed E-state index contributed by atoms with van der Waals surface area (Å²) in [6, 6.07) is 5.96. The highest BCUT2D eigenvalue weighted by Gasteiger charge is 2.30. The Morgan fingerprint density at radius 3 is 2.71 bits per heavy atom. The highest BCUT2D eigenvalue weighted by molar-refractivity contribution is 5.54. The molecule has 94 valence electrons. The molecule has 0 amide bonds. The van der Waals surface area contributed by atoms with E-state index >= 15 is 0 Å². The molecular weight excluding hydrogens is 214 g/mol. The molecule has 0 spiro atoms. The molecule has 1 fully saturated rings. The van der Waals surface area contributed by atoms with Crippen molar-refractivity contribution in [3.05, 3.63) is 23.8 Å². The summed E-state index contributed by atoms with van der Waals surface area (Å²) in [5.41, 5.74) is 1.70. The first kappa shape index (κ1) is 12.2. The van der Waals surface area contributed by atoms with Crippen LogP contribution in [-0.2, 0) is 0 Å². The lowest BCUT2D eigenvalue weighted by Gasteiger charge is -2.23. The van der Waals surface area contributed by atoms with E-state index in [1.807, 2.05) is 18.2 Å². The largest absolute Gasteiger partial charge is 0.497 e. The molecule has 0 aliphatic heterocycles. The second-order valence-corrected chi connectivity index (χ2v) is 4.97. The molecule has 2 N–H and O–H groups in total. The molecule has 1 saturated carbocycles. The molecule has 0 saturated heterocycles. The van der Waals surface area contributed by atoms with Gasteiger partial charge in [-0.1, -0.05) is 18.9 Å². The number of methoxy groups -OCH3 is 1. The van der Waals surface area contributed by atoms with Gasteiger partial charge in [0.1, 0.15) is 5.75 Å². The van der Waals surface area contributed by atoms with Crippen LogP contribution >= 0.6 is 0 Å². The van der Waals surface area contributed by atoms with E-state index in [1.165, 1.54) is 5.56 Å². The third kappa shape index (κ3) is 2.91. The molecule has 2 rings (SSSR count). The molecule has 3 heteroatoms. The van der Waals surface area contributed by atoms with Crippen LogP contribution in [0.2, 0.25) is 0 Å². The summed E-state index contributed by atoms with van der Waals surface area (Å²) in [5.74, 6) is 0.844. The quantitative estimate of drug-likeness (QED) is 0.843. The second kappa shape index (κ2) is 4.96. The molecular formula is C14H21NO2. The van der Waals surface area contributed by atoms with Gasteiger partial charge in [-0.25, -0.2) is 0 Å². The molecule has 1 aliphatic carbocycles. The van der Waals surface area contributed by atoms with Crippen LogP contribution in [0.25, 0.3) is 0 Å². The summed E-state index contributed by atoms with van der Waals surface area (Å²) in [6.45, 7) is 2.68. The van der Waals surface area contributed by atoms with E-state index in [9.17, 15) is 5.11 Å². The maximum absolute atomic E-state index is 10.3. The van der Waals surface area contributed by atoms with Gasteiger partial charge in [0, 0.05) is 18.3 Å². The summed E-state index contributed by atoms with van der Waals surface area (Å²) in [7, 11) is 1.67. The van der Waals surface area contributed by atoms with Gasteiger partial charge in [0.15, 0.2) is 0 Å². The average Bonchev–Trinajstić information content (AvgIpc) is 2.76. The number of rotatable bonds is 4. The Morgan fingerprint density at radius 1 is 1.35 bits per heavy atom. The van der Waals surface area contributed by atoms with Crippen LogP contribution in [0, 0.1) is 6.92 Å². The third-order valence-corrected chi connectivity index (χ3v) is 3.59. The van der Waals surface area contributed by atoms with Crippen LogP contribution in [0.4, 0.5) is 5.69 Å². The minimum absolute atomic E-state index is 0.518. The molecule has 0 aromatic heterocycles. The van der Waals surface area contributed by atoms with Crippen molar-refractivity contribution in [2.45, 2.75) is 38.2 Å². The van der Waals surface area contributed by atoms with E-state index in [-0.39, 0.29) is 0 Å². The Morgan fingerprint density at radius 2 is 2.06 bits per heavy atom. The van der Waals surface area contributed by atoms with Crippen LogP contribution < -0.4 is 10.1 Å². The van der Waals surface area contributed by atoms with Crippen LogP contribution in [0.1, 0.15) is 31.2 Å². The number of hydrogen-bond acceptors (Lipinski definition) is 3. The minimum Gasteiger partial charge on any atom is -0.497 e. The van der Waals surface area contributed by atoms with Crippen LogP contribution in [0.5, 0.6) is 5.75 Å². The zero-order valence-corrected chi connectivity index (χ0v) is 10.6. The lowest BCUT2D eigenvalue weighted by atomic mass is 10.0. The van der Waals surface area contributed by atoms with Gasteiger partial charge >= 0.3 is 0 Å². The van der Waals surface area contributed by atoms with E-state index in [2.05, 4.69) is 12.2 Å². The molecule has 1 aliphatic rings. The fourth-order valence-electron chi connectivity index (χ4n) is 2.39. The maximum atomic E-state index is 10.3. The summed E-state index contributed by atoms with van der Waals surface area (Å²) in [6.07, 6.45) is 4.08. The van der Waals surface area contributed by atoms with E-state index in [4.69, 9.17) is 4.74 Å². The third-order valence-electron chi connectivity index (χ3n) is 3.59. The smallest absolute Gasteiger partial charge is 0.120 e. The number of benzene rings is 1. The summed E-state index contributed by atoms with van der Waals surface area (Å²) in [4.78, 5) is 0. The van der Waals surface area contributed by atoms with Gasteiger partial charge in [-0.15, -0.1) is 0 Å². The Bertz CT molecular complexity index is 384. The first-order chi connectivity index (χ1) is 8.13. The van der Waals surface area contributed by atoms with Gasteiger partial charge < -0.3 is 15.2 Å². The van der Waals surface area contributed by atoms with Gasteiger partial charge in [0.05, 0.1) is 12.7 Å². The molecule has 0 heterocycles. The minimum atomic E-state index is -0.518. The van der Waals surface area contributed by atoms with Crippen molar-refractivity contribution in [2.24, 2.45) is 0 Å². The summed E-state index contributed by atoms with van der Waals surface area (Å²) < 4.78 is 5.20. The maximum Gasteiger partial charge on any atom is 0.120 e. The van der Waals surface area contributed by atoms with Crippen LogP contribution in [0.15, 0.2) is 18.2 Å². The van der Waals surface area contributed by atoms with Gasteiger partial charge in [-0.2, -0.15) is 0 Å². The fourth-order valence-corrected chi connectivity index (χ4v) is 2.39. The number of aryl methyl sites for hydroxylation is 1. The second-order valence-electron chi connectivity index (χ2n) is 4.97. The van der Waals surface area contributed by atoms with Crippen molar-refractivity contribution < 1.29 is 9.84 Å². The predicted molar refractivity (Wildman–Crippen MR) is 69.6 cm³/mol. The first-order valence-corrected chi connectivity index (χ1v) is 6.24. The Hall–Kier alpha value is -1.22. The van der Waals surface area contributed by atoms with Gasteiger partial charge in [-0.05, 0) is 31.4 Å². The molecule has 0 radical (unpaired) electrons. The fraction of sp³-hybridized carbons (Fsp3) is 0.571. The zero-order valence-electron chi connectivity index (χ0n) is 10.6. The highest BCUT2D eigenvalue weighted by Crippen LogP contribution is 2.30.